The van der Waals surface area contributed by atoms with Gasteiger partial charge in [-0.2, -0.15) is 0 Å². The third-order valence-corrected chi connectivity index (χ3v) is 6.36. The molecule has 0 radical (unpaired) electrons. The Hall–Kier alpha value is -2.94. The topological polar surface area (TPSA) is 117 Å². The summed E-state index contributed by atoms with van der Waals surface area (Å²) in [6.45, 7) is 2.62. The standard InChI is InChI=1S/C22H28N4O5/c1-14(26-20(29)22(25-21(26)30)10-4-5-11-22)18(27)24-17-9-3-2-8-16(17)19(28)23-13-15-7-6-12-31-15/h2-3,8-9,14-15H,4-7,10-13H2,1H3,(H,23,28)(H,24,27)(H,25,30). The van der Waals surface area contributed by atoms with E-state index in [1.807, 2.05) is 0 Å². The number of carbonyl (C=O) groups is 4. The zero-order valence-electron chi connectivity index (χ0n) is 17.6. The van der Waals surface area contributed by atoms with Gasteiger partial charge in [0.2, 0.25) is 5.91 Å². The van der Waals surface area contributed by atoms with Gasteiger partial charge < -0.3 is 20.7 Å². The summed E-state index contributed by atoms with van der Waals surface area (Å²) in [5, 5.41) is 8.34. The van der Waals surface area contributed by atoms with Crippen LogP contribution in [0.4, 0.5) is 10.5 Å². The largest absolute Gasteiger partial charge is 0.376 e. The van der Waals surface area contributed by atoms with E-state index in [1.54, 1.807) is 24.3 Å². The van der Waals surface area contributed by atoms with Gasteiger partial charge in [-0.25, -0.2) is 9.69 Å². The number of rotatable bonds is 6. The minimum absolute atomic E-state index is 0.00771. The van der Waals surface area contributed by atoms with E-state index < -0.39 is 23.5 Å². The Balaban J connectivity index is 1.43. The molecule has 3 fully saturated rings. The average Bonchev–Trinajstić information content (AvgIpc) is 3.49. The van der Waals surface area contributed by atoms with Gasteiger partial charge in [0.1, 0.15) is 11.6 Å². The minimum Gasteiger partial charge on any atom is -0.376 e. The van der Waals surface area contributed by atoms with Crippen molar-refractivity contribution in [3.05, 3.63) is 29.8 Å². The molecule has 3 N–H and O–H groups in total. The van der Waals surface area contributed by atoms with Crippen molar-refractivity contribution in [2.45, 2.75) is 63.1 Å². The highest BCUT2D eigenvalue weighted by molar-refractivity contribution is 6.12. The number of benzene rings is 1. The van der Waals surface area contributed by atoms with Gasteiger partial charge in [-0.05, 0) is 44.7 Å². The molecule has 1 aliphatic carbocycles. The van der Waals surface area contributed by atoms with Gasteiger partial charge in [0.15, 0.2) is 0 Å². The molecular weight excluding hydrogens is 400 g/mol. The van der Waals surface area contributed by atoms with Crippen molar-refractivity contribution in [1.29, 1.82) is 0 Å². The summed E-state index contributed by atoms with van der Waals surface area (Å²) >= 11 is 0. The molecule has 9 nitrogen and oxygen atoms in total. The van der Waals surface area contributed by atoms with E-state index in [1.165, 1.54) is 6.92 Å². The molecule has 2 saturated heterocycles. The predicted molar refractivity (Wildman–Crippen MR) is 112 cm³/mol. The number of para-hydroxylation sites is 1. The first-order valence-electron chi connectivity index (χ1n) is 10.9. The fourth-order valence-corrected chi connectivity index (χ4v) is 4.56. The second-order valence-electron chi connectivity index (χ2n) is 8.45. The van der Waals surface area contributed by atoms with Crippen molar-refractivity contribution in [3.63, 3.8) is 0 Å². The van der Waals surface area contributed by atoms with Crippen LogP contribution in [-0.2, 0) is 14.3 Å². The van der Waals surface area contributed by atoms with Gasteiger partial charge >= 0.3 is 6.03 Å². The number of imide groups is 1. The van der Waals surface area contributed by atoms with E-state index in [-0.39, 0.29) is 17.9 Å². The number of carbonyl (C=O) groups excluding carboxylic acids is 4. The SMILES string of the molecule is CC(C(=O)Nc1ccccc1C(=O)NCC1CCCO1)N1C(=O)NC2(CCCC2)C1=O. The van der Waals surface area contributed by atoms with Gasteiger partial charge in [0.05, 0.1) is 17.4 Å². The van der Waals surface area contributed by atoms with Crippen LogP contribution in [0.2, 0.25) is 0 Å². The van der Waals surface area contributed by atoms with Crippen LogP contribution < -0.4 is 16.0 Å². The molecule has 2 aliphatic heterocycles. The van der Waals surface area contributed by atoms with Crippen LogP contribution in [0.15, 0.2) is 24.3 Å². The fraction of sp³-hybridized carbons (Fsp3) is 0.545. The lowest BCUT2D eigenvalue weighted by atomic mass is 9.97. The van der Waals surface area contributed by atoms with Crippen molar-refractivity contribution in [3.8, 4) is 0 Å². The molecule has 4 rings (SSSR count). The minimum atomic E-state index is -1.00. The number of hydrogen-bond donors (Lipinski definition) is 3. The molecule has 0 aromatic heterocycles. The Morgan fingerprint density at radius 3 is 2.68 bits per heavy atom. The number of nitrogens with zero attached hydrogens (tertiary/aromatic N) is 1. The molecule has 3 aliphatic rings. The van der Waals surface area contributed by atoms with Crippen molar-refractivity contribution in [2.24, 2.45) is 0 Å². The van der Waals surface area contributed by atoms with Crippen molar-refractivity contribution in [1.82, 2.24) is 15.5 Å². The molecule has 2 heterocycles. The smallest absolute Gasteiger partial charge is 0.325 e. The first-order valence-corrected chi connectivity index (χ1v) is 10.9. The molecular formula is C22H28N4O5. The zero-order chi connectivity index (χ0) is 22.0. The molecule has 5 amide bonds. The van der Waals surface area contributed by atoms with Crippen LogP contribution in [0.1, 0.15) is 55.8 Å². The van der Waals surface area contributed by atoms with E-state index in [2.05, 4.69) is 16.0 Å². The van der Waals surface area contributed by atoms with Crippen LogP contribution in [0.5, 0.6) is 0 Å². The molecule has 1 saturated carbocycles. The lowest BCUT2D eigenvalue weighted by Crippen LogP contribution is -2.48. The van der Waals surface area contributed by atoms with Gasteiger partial charge in [0.25, 0.3) is 11.8 Å². The summed E-state index contributed by atoms with van der Waals surface area (Å²) in [5.41, 5.74) is -0.233. The van der Waals surface area contributed by atoms with Gasteiger partial charge in [-0.1, -0.05) is 25.0 Å². The second kappa shape index (κ2) is 8.66. The first-order chi connectivity index (χ1) is 14.9. The quantitative estimate of drug-likeness (QED) is 0.597. The van der Waals surface area contributed by atoms with E-state index in [0.717, 1.165) is 30.6 Å². The molecule has 0 bridgehead atoms. The lowest BCUT2D eigenvalue weighted by molar-refractivity contribution is -0.136. The number of urea groups is 1. The van der Waals surface area contributed by atoms with Crippen LogP contribution in [0, 0.1) is 0 Å². The van der Waals surface area contributed by atoms with Crippen LogP contribution in [-0.4, -0.2) is 59.5 Å². The van der Waals surface area contributed by atoms with Crippen molar-refractivity contribution >= 4 is 29.4 Å². The van der Waals surface area contributed by atoms with E-state index >= 15 is 0 Å². The Bertz CT molecular complexity index is 890. The maximum absolute atomic E-state index is 12.9. The molecule has 31 heavy (non-hydrogen) atoms. The third kappa shape index (κ3) is 4.14. The summed E-state index contributed by atoms with van der Waals surface area (Å²) in [6, 6.07) is 5.11. The number of amides is 5. The summed E-state index contributed by atoms with van der Waals surface area (Å²) in [4.78, 5) is 51.9. The number of ether oxygens (including phenoxy) is 1. The average molecular weight is 428 g/mol. The Morgan fingerprint density at radius 1 is 1.23 bits per heavy atom. The normalized spacial score (nSPS) is 23.1. The summed E-state index contributed by atoms with van der Waals surface area (Å²) in [7, 11) is 0. The molecule has 2 unspecified atom stereocenters. The predicted octanol–water partition coefficient (Wildman–Crippen LogP) is 1.79. The van der Waals surface area contributed by atoms with E-state index in [9.17, 15) is 19.2 Å². The van der Waals surface area contributed by atoms with Crippen molar-refractivity contribution < 1.29 is 23.9 Å². The summed E-state index contributed by atoms with van der Waals surface area (Å²) in [5.74, 6) is -1.20. The molecule has 166 valence electrons. The van der Waals surface area contributed by atoms with E-state index in [0.29, 0.717) is 37.2 Å². The third-order valence-electron chi connectivity index (χ3n) is 6.36. The highest BCUT2D eigenvalue weighted by Crippen LogP contribution is 2.35. The monoisotopic (exact) mass is 428 g/mol. The molecule has 2 atom stereocenters. The molecule has 1 spiro atoms. The fourth-order valence-electron chi connectivity index (χ4n) is 4.56. The maximum Gasteiger partial charge on any atom is 0.325 e. The van der Waals surface area contributed by atoms with Crippen LogP contribution in [0.3, 0.4) is 0 Å². The number of anilines is 1. The molecule has 1 aromatic rings. The summed E-state index contributed by atoms with van der Waals surface area (Å²) in [6.07, 6.45) is 4.82. The lowest BCUT2D eigenvalue weighted by Gasteiger charge is -2.24. The number of hydrogen-bond acceptors (Lipinski definition) is 5. The van der Waals surface area contributed by atoms with Crippen LogP contribution >= 0.6 is 0 Å². The summed E-state index contributed by atoms with van der Waals surface area (Å²) < 4.78 is 5.52. The van der Waals surface area contributed by atoms with Gasteiger partial charge in [-0.3, -0.25) is 14.4 Å². The molecule has 9 heteroatoms. The van der Waals surface area contributed by atoms with E-state index in [4.69, 9.17) is 4.74 Å². The second-order valence-corrected chi connectivity index (χ2v) is 8.45. The van der Waals surface area contributed by atoms with Gasteiger partial charge in [-0.15, -0.1) is 0 Å². The zero-order valence-corrected chi connectivity index (χ0v) is 17.6. The number of nitrogens with one attached hydrogen (secondary N) is 3. The Morgan fingerprint density at radius 2 is 1.97 bits per heavy atom. The highest BCUT2D eigenvalue weighted by Gasteiger charge is 2.54. The maximum atomic E-state index is 12.9. The Kier molecular flexibility index (Phi) is 5.95. The highest BCUT2D eigenvalue weighted by atomic mass is 16.5. The molecule has 1 aromatic carbocycles. The Labute approximate surface area is 180 Å². The van der Waals surface area contributed by atoms with Crippen molar-refractivity contribution in [2.75, 3.05) is 18.5 Å². The van der Waals surface area contributed by atoms with Crippen LogP contribution in [0.25, 0.3) is 0 Å². The first kappa shape index (κ1) is 21.3. The van der Waals surface area contributed by atoms with Gasteiger partial charge in [0, 0.05) is 13.2 Å².